The van der Waals surface area contributed by atoms with E-state index in [1.165, 1.54) is 38.4 Å². The molecular weight excluding hydrogens is 440 g/mol. The van der Waals surface area contributed by atoms with Gasteiger partial charge in [0.05, 0.1) is 0 Å². The van der Waals surface area contributed by atoms with Crippen LogP contribution in [0.5, 0.6) is 0 Å². The molecule has 2 heterocycles. The van der Waals surface area contributed by atoms with Crippen molar-refractivity contribution in [2.75, 3.05) is 0 Å². The topological polar surface area (TPSA) is 26.3 Å². The van der Waals surface area contributed by atoms with E-state index < -0.39 is 0 Å². The molecule has 36 heavy (non-hydrogen) atoms. The molecule has 0 N–H and O–H groups in total. The number of furan rings is 2. The van der Waals surface area contributed by atoms with E-state index in [1.807, 2.05) is 12.1 Å². The van der Waals surface area contributed by atoms with Gasteiger partial charge in [0, 0.05) is 21.5 Å². The smallest absolute Gasteiger partial charge is 0.136 e. The van der Waals surface area contributed by atoms with Gasteiger partial charge in [0.15, 0.2) is 0 Å². The van der Waals surface area contributed by atoms with E-state index in [0.717, 1.165) is 38.5 Å². The van der Waals surface area contributed by atoms with E-state index in [1.54, 1.807) is 0 Å². The summed E-state index contributed by atoms with van der Waals surface area (Å²) in [6.07, 6.45) is 0. The highest BCUT2D eigenvalue weighted by Gasteiger charge is 2.12. The first kappa shape index (κ1) is 19.5. The predicted molar refractivity (Wildman–Crippen MR) is 149 cm³/mol. The lowest BCUT2D eigenvalue weighted by atomic mass is 9.97. The third-order valence-electron chi connectivity index (χ3n) is 7.29. The monoisotopic (exact) mass is 460 g/mol. The Morgan fingerprint density at radius 2 is 0.861 bits per heavy atom. The molecule has 0 atom stereocenters. The first-order valence-electron chi connectivity index (χ1n) is 12.2. The fourth-order valence-electron chi connectivity index (χ4n) is 5.49. The van der Waals surface area contributed by atoms with Crippen molar-refractivity contribution in [1.29, 1.82) is 0 Å². The van der Waals surface area contributed by atoms with E-state index in [9.17, 15) is 0 Å². The number of fused-ring (bicyclic) bond motifs is 8. The van der Waals surface area contributed by atoms with Gasteiger partial charge in [-0.3, -0.25) is 0 Å². The fraction of sp³-hybridized carbons (Fsp3) is 0. The lowest BCUT2D eigenvalue weighted by Crippen LogP contribution is -1.81. The zero-order chi connectivity index (χ0) is 23.6. The Morgan fingerprint density at radius 3 is 1.64 bits per heavy atom. The Hall–Kier alpha value is -4.82. The van der Waals surface area contributed by atoms with Gasteiger partial charge in [-0.1, -0.05) is 84.9 Å². The van der Waals surface area contributed by atoms with E-state index in [-0.39, 0.29) is 0 Å². The van der Waals surface area contributed by atoms with Gasteiger partial charge in [-0.15, -0.1) is 0 Å². The van der Waals surface area contributed by atoms with Crippen LogP contribution in [0.25, 0.3) is 76.9 Å². The summed E-state index contributed by atoms with van der Waals surface area (Å²) in [6.45, 7) is 0. The summed E-state index contributed by atoms with van der Waals surface area (Å²) in [5, 5.41) is 7.09. The van der Waals surface area contributed by atoms with E-state index in [0.29, 0.717) is 0 Å². The number of hydrogen-bond donors (Lipinski definition) is 0. The Kier molecular flexibility index (Phi) is 3.97. The molecule has 2 nitrogen and oxygen atoms in total. The largest absolute Gasteiger partial charge is 0.456 e. The van der Waals surface area contributed by atoms with Crippen LogP contribution in [-0.4, -0.2) is 0 Å². The minimum absolute atomic E-state index is 0.919. The van der Waals surface area contributed by atoms with Crippen LogP contribution in [0.15, 0.2) is 130 Å². The summed E-state index contributed by atoms with van der Waals surface area (Å²) in [7, 11) is 0. The maximum atomic E-state index is 6.18. The molecule has 0 aliphatic rings. The van der Waals surface area contributed by atoms with Crippen molar-refractivity contribution in [3.8, 4) is 22.3 Å². The molecule has 2 heteroatoms. The van der Waals surface area contributed by atoms with Gasteiger partial charge in [0.25, 0.3) is 0 Å². The standard InChI is InChI=1S/C34H20O2/c1-2-6-26-23(5-1)13-18-33-34(26)29-20-25(15-17-32(29)36-33)22-11-9-21(10-12-22)24-14-16-31-28(19-24)27-7-3-4-8-30(27)35-31/h1-20H. The number of para-hydroxylation sites is 1. The molecule has 2 aromatic heterocycles. The normalized spacial score (nSPS) is 11.9. The summed E-state index contributed by atoms with van der Waals surface area (Å²) in [5.74, 6) is 0. The predicted octanol–water partition coefficient (Wildman–Crippen LogP) is 9.97. The Morgan fingerprint density at radius 1 is 0.333 bits per heavy atom. The first-order valence-corrected chi connectivity index (χ1v) is 12.2. The number of benzene rings is 6. The van der Waals surface area contributed by atoms with Crippen LogP contribution in [-0.2, 0) is 0 Å². The summed E-state index contributed by atoms with van der Waals surface area (Å²) in [5.41, 5.74) is 8.43. The third kappa shape index (κ3) is 2.85. The average molecular weight is 461 g/mol. The van der Waals surface area contributed by atoms with Crippen LogP contribution in [0.3, 0.4) is 0 Å². The van der Waals surface area contributed by atoms with Crippen molar-refractivity contribution in [1.82, 2.24) is 0 Å². The second-order valence-corrected chi connectivity index (χ2v) is 9.36. The van der Waals surface area contributed by atoms with Crippen molar-refractivity contribution < 1.29 is 8.83 Å². The van der Waals surface area contributed by atoms with Gasteiger partial charge in [0.2, 0.25) is 0 Å². The molecule has 0 saturated heterocycles. The molecule has 8 aromatic rings. The van der Waals surface area contributed by atoms with Gasteiger partial charge >= 0.3 is 0 Å². The maximum absolute atomic E-state index is 6.18. The molecule has 168 valence electrons. The van der Waals surface area contributed by atoms with Crippen molar-refractivity contribution >= 4 is 54.6 Å². The van der Waals surface area contributed by atoms with Crippen LogP contribution in [0.4, 0.5) is 0 Å². The highest BCUT2D eigenvalue weighted by Crippen LogP contribution is 2.37. The lowest BCUT2D eigenvalue weighted by molar-refractivity contribution is 0.668. The fourth-order valence-corrected chi connectivity index (χ4v) is 5.49. The number of hydrogen-bond acceptors (Lipinski definition) is 2. The summed E-state index contributed by atoms with van der Waals surface area (Å²) < 4.78 is 12.2. The summed E-state index contributed by atoms with van der Waals surface area (Å²) in [4.78, 5) is 0. The SMILES string of the molecule is c1ccc2c(c1)ccc1oc3ccc(-c4ccc(-c5ccc6oc7ccccc7c6c5)cc4)cc3c12. The van der Waals surface area contributed by atoms with E-state index >= 15 is 0 Å². The lowest BCUT2D eigenvalue weighted by Gasteiger charge is -2.06. The second-order valence-electron chi connectivity index (χ2n) is 9.36. The molecule has 0 aliphatic heterocycles. The molecule has 0 saturated carbocycles. The van der Waals surface area contributed by atoms with Gasteiger partial charge < -0.3 is 8.83 Å². The van der Waals surface area contributed by atoms with E-state index in [4.69, 9.17) is 8.83 Å². The second kappa shape index (κ2) is 7.34. The Balaban J connectivity index is 1.23. The van der Waals surface area contributed by atoms with E-state index in [2.05, 4.69) is 109 Å². The molecule has 0 unspecified atom stereocenters. The minimum Gasteiger partial charge on any atom is -0.456 e. The maximum Gasteiger partial charge on any atom is 0.136 e. The van der Waals surface area contributed by atoms with Gasteiger partial charge in [-0.2, -0.15) is 0 Å². The summed E-state index contributed by atoms with van der Waals surface area (Å²) in [6, 6.07) is 42.6. The Bertz CT molecular complexity index is 2090. The molecule has 0 radical (unpaired) electrons. The summed E-state index contributed by atoms with van der Waals surface area (Å²) >= 11 is 0. The van der Waals surface area contributed by atoms with Gasteiger partial charge in [0.1, 0.15) is 22.3 Å². The highest BCUT2D eigenvalue weighted by molar-refractivity contribution is 6.19. The van der Waals surface area contributed by atoms with Crippen LogP contribution in [0.1, 0.15) is 0 Å². The van der Waals surface area contributed by atoms with Crippen molar-refractivity contribution in [2.45, 2.75) is 0 Å². The molecule has 0 amide bonds. The molecule has 0 fully saturated rings. The Labute approximate surface area is 207 Å². The van der Waals surface area contributed by atoms with Crippen LogP contribution in [0.2, 0.25) is 0 Å². The van der Waals surface area contributed by atoms with Crippen molar-refractivity contribution in [3.05, 3.63) is 121 Å². The first-order chi connectivity index (χ1) is 17.8. The van der Waals surface area contributed by atoms with Crippen molar-refractivity contribution in [3.63, 3.8) is 0 Å². The molecular formula is C34H20O2. The minimum atomic E-state index is 0.919. The number of rotatable bonds is 2. The molecule has 0 spiro atoms. The third-order valence-corrected chi connectivity index (χ3v) is 7.29. The van der Waals surface area contributed by atoms with Crippen molar-refractivity contribution in [2.24, 2.45) is 0 Å². The van der Waals surface area contributed by atoms with Crippen LogP contribution in [0, 0.1) is 0 Å². The highest BCUT2D eigenvalue weighted by atomic mass is 16.3. The van der Waals surface area contributed by atoms with Gasteiger partial charge in [-0.05, 0) is 69.4 Å². The zero-order valence-corrected chi connectivity index (χ0v) is 19.4. The average Bonchev–Trinajstić information content (AvgIpc) is 3.51. The quantitative estimate of drug-likeness (QED) is 0.256. The molecule has 0 aliphatic carbocycles. The molecule has 8 rings (SSSR count). The van der Waals surface area contributed by atoms with Crippen LogP contribution < -0.4 is 0 Å². The van der Waals surface area contributed by atoms with Gasteiger partial charge in [-0.25, -0.2) is 0 Å². The zero-order valence-electron chi connectivity index (χ0n) is 19.4. The molecule has 0 bridgehead atoms. The van der Waals surface area contributed by atoms with Crippen LogP contribution >= 0.6 is 0 Å². The molecule has 6 aromatic carbocycles.